The number of rotatable bonds is 10. The maximum absolute atomic E-state index is 12.3. The molecule has 1 aromatic carbocycles. The van der Waals surface area contributed by atoms with Gasteiger partial charge in [0.25, 0.3) is 0 Å². The van der Waals surface area contributed by atoms with Crippen molar-refractivity contribution in [2.75, 3.05) is 23.7 Å². The van der Waals surface area contributed by atoms with Gasteiger partial charge in [-0.25, -0.2) is 9.97 Å². The van der Waals surface area contributed by atoms with Crippen LogP contribution in [0.3, 0.4) is 0 Å². The number of thioether (sulfide) groups is 1. The number of halogens is 1. The monoisotopic (exact) mass is 402 g/mol. The van der Waals surface area contributed by atoms with E-state index in [1.807, 2.05) is 42.2 Å². The fourth-order valence-electron chi connectivity index (χ4n) is 2.42. The van der Waals surface area contributed by atoms with Crippen molar-refractivity contribution in [2.45, 2.75) is 18.1 Å². The molecule has 27 heavy (non-hydrogen) atoms. The molecule has 5 nitrogen and oxygen atoms in total. The minimum Gasteiger partial charge on any atom is -0.349 e. The number of carbonyl (C=O) groups is 1. The summed E-state index contributed by atoms with van der Waals surface area (Å²) < 4.78 is 0. The highest BCUT2D eigenvalue weighted by molar-refractivity contribution is 7.99. The topological polar surface area (TPSA) is 58.1 Å². The average molecular weight is 403 g/mol. The van der Waals surface area contributed by atoms with Crippen LogP contribution in [0, 0.1) is 0 Å². The van der Waals surface area contributed by atoms with Crippen LogP contribution in [-0.2, 0) is 4.79 Å². The molecule has 2 rings (SSSR count). The lowest BCUT2D eigenvalue weighted by Gasteiger charge is -2.20. The first-order valence-electron chi connectivity index (χ1n) is 8.52. The summed E-state index contributed by atoms with van der Waals surface area (Å²) in [7, 11) is 0. The molecular formula is C20H23ClN4OS. The van der Waals surface area contributed by atoms with Crippen molar-refractivity contribution in [1.29, 1.82) is 0 Å². The van der Waals surface area contributed by atoms with E-state index >= 15 is 0 Å². The summed E-state index contributed by atoms with van der Waals surface area (Å²) >= 11 is 7.38. The molecule has 142 valence electrons. The van der Waals surface area contributed by atoms with Gasteiger partial charge in [0.2, 0.25) is 5.91 Å². The molecule has 0 bridgehead atoms. The summed E-state index contributed by atoms with van der Waals surface area (Å²) in [5.74, 6) is 0.797. The minimum absolute atomic E-state index is 0.0641. The number of aromatic nitrogens is 2. The van der Waals surface area contributed by atoms with Gasteiger partial charge in [-0.1, -0.05) is 65.8 Å². The van der Waals surface area contributed by atoms with E-state index in [1.54, 1.807) is 18.2 Å². The van der Waals surface area contributed by atoms with Gasteiger partial charge < -0.3 is 10.2 Å². The fraction of sp³-hybridized carbons (Fsp3) is 0.250. The summed E-state index contributed by atoms with van der Waals surface area (Å²) in [6, 6.07) is 11.4. The van der Waals surface area contributed by atoms with E-state index in [9.17, 15) is 4.79 Å². The molecule has 0 aliphatic rings. The smallest absolute Gasteiger partial charge is 0.230 e. The molecule has 7 heteroatoms. The Morgan fingerprint density at radius 3 is 2.56 bits per heavy atom. The first-order chi connectivity index (χ1) is 13.0. The summed E-state index contributed by atoms with van der Waals surface area (Å²) in [5, 5.41) is 3.76. The number of anilines is 1. The number of nitrogens with one attached hydrogen (secondary N) is 1. The van der Waals surface area contributed by atoms with E-state index in [1.165, 1.54) is 11.8 Å². The molecular weight excluding hydrogens is 380 g/mol. The lowest BCUT2D eigenvalue weighted by Crippen LogP contribution is -2.28. The molecule has 1 amide bonds. The number of benzene rings is 1. The minimum atomic E-state index is -0.0875. The Bertz CT molecular complexity index is 775. The summed E-state index contributed by atoms with van der Waals surface area (Å²) in [4.78, 5) is 22.9. The molecule has 1 unspecified atom stereocenters. The van der Waals surface area contributed by atoms with Gasteiger partial charge in [0.05, 0.1) is 11.8 Å². The van der Waals surface area contributed by atoms with Crippen LogP contribution in [0.1, 0.15) is 18.5 Å². The fourth-order valence-corrected chi connectivity index (χ4v) is 3.32. The zero-order chi connectivity index (χ0) is 19.6. The molecule has 0 saturated heterocycles. The quantitative estimate of drug-likeness (QED) is 0.278. The van der Waals surface area contributed by atoms with E-state index in [4.69, 9.17) is 11.6 Å². The molecule has 0 radical (unpaired) electrons. The van der Waals surface area contributed by atoms with Crippen LogP contribution < -0.4 is 10.2 Å². The number of hydrogen-bond donors (Lipinski definition) is 1. The molecule has 1 N–H and O–H groups in total. The first-order valence-corrected chi connectivity index (χ1v) is 9.88. The predicted octanol–water partition coefficient (Wildman–Crippen LogP) is 4.28. The van der Waals surface area contributed by atoms with E-state index in [-0.39, 0.29) is 17.7 Å². The van der Waals surface area contributed by atoms with Crippen molar-refractivity contribution in [1.82, 2.24) is 15.3 Å². The lowest BCUT2D eigenvalue weighted by molar-refractivity contribution is -0.119. The van der Waals surface area contributed by atoms with Crippen molar-refractivity contribution in [3.05, 3.63) is 72.4 Å². The van der Waals surface area contributed by atoms with Gasteiger partial charge in [-0.3, -0.25) is 4.79 Å². The van der Waals surface area contributed by atoms with Crippen molar-refractivity contribution in [3.63, 3.8) is 0 Å². The van der Waals surface area contributed by atoms with Crippen molar-refractivity contribution < 1.29 is 4.79 Å². The normalized spacial score (nSPS) is 11.5. The highest BCUT2D eigenvalue weighted by Crippen LogP contribution is 2.22. The second-order valence-corrected chi connectivity index (χ2v) is 7.13. The van der Waals surface area contributed by atoms with Crippen LogP contribution >= 0.6 is 23.4 Å². The van der Waals surface area contributed by atoms with Gasteiger partial charge in [-0.2, -0.15) is 0 Å². The molecule has 0 spiro atoms. The van der Waals surface area contributed by atoms with Crippen molar-refractivity contribution in [2.24, 2.45) is 0 Å². The van der Waals surface area contributed by atoms with Gasteiger partial charge in [-0.05, 0) is 12.5 Å². The maximum Gasteiger partial charge on any atom is 0.230 e. The first kappa shape index (κ1) is 21.0. The Morgan fingerprint density at radius 1 is 1.26 bits per heavy atom. The van der Waals surface area contributed by atoms with E-state index < -0.39 is 0 Å². The van der Waals surface area contributed by atoms with Crippen LogP contribution in [0.15, 0.2) is 66.9 Å². The predicted molar refractivity (Wildman–Crippen MR) is 113 cm³/mol. The Morgan fingerprint density at radius 2 is 1.93 bits per heavy atom. The Hall–Kier alpha value is -2.31. The van der Waals surface area contributed by atoms with Gasteiger partial charge in [0.15, 0.2) is 5.16 Å². The Kier molecular flexibility index (Phi) is 8.36. The summed E-state index contributed by atoms with van der Waals surface area (Å²) in [6.45, 7) is 10.7. The van der Waals surface area contributed by atoms with Crippen molar-refractivity contribution >= 4 is 35.1 Å². The second-order valence-electron chi connectivity index (χ2n) is 5.80. The summed E-state index contributed by atoms with van der Waals surface area (Å²) in [6.07, 6.45) is 3.56. The average Bonchev–Trinajstić information content (AvgIpc) is 2.66. The third-order valence-corrected chi connectivity index (χ3v) is 4.73. The lowest BCUT2D eigenvalue weighted by atomic mass is 10.1. The highest BCUT2D eigenvalue weighted by atomic mass is 35.5. The molecule has 0 aliphatic carbocycles. The van der Waals surface area contributed by atoms with Crippen LogP contribution in [-0.4, -0.2) is 34.7 Å². The Balaban J connectivity index is 1.99. The summed E-state index contributed by atoms with van der Waals surface area (Å²) in [5.41, 5.74) is 1.06. The van der Waals surface area contributed by atoms with Gasteiger partial charge >= 0.3 is 0 Å². The number of amides is 1. The van der Waals surface area contributed by atoms with Gasteiger partial charge in [0.1, 0.15) is 11.0 Å². The van der Waals surface area contributed by atoms with Gasteiger partial charge in [0, 0.05) is 19.2 Å². The van der Waals surface area contributed by atoms with E-state index in [0.717, 1.165) is 5.56 Å². The van der Waals surface area contributed by atoms with Gasteiger partial charge in [-0.15, -0.1) is 13.2 Å². The molecule has 1 atom stereocenters. The molecule has 0 saturated carbocycles. The number of carbonyl (C=O) groups excluding carboxylic acids is 1. The van der Waals surface area contributed by atoms with Crippen LogP contribution in [0.2, 0.25) is 5.15 Å². The molecule has 1 heterocycles. The molecule has 0 aliphatic heterocycles. The zero-order valence-electron chi connectivity index (χ0n) is 15.3. The largest absolute Gasteiger partial charge is 0.349 e. The number of nitrogens with zero attached hydrogens (tertiary/aromatic N) is 3. The zero-order valence-corrected chi connectivity index (χ0v) is 16.8. The standard InChI is InChI=1S/C20H23ClN4OS/c1-4-11-25(12-5-2)18-13-17(21)23-20(24-18)27-14-19(26)22-15(3)16-9-7-6-8-10-16/h4-10,13,15H,1-2,11-12,14H2,3H3,(H,22,26). The third kappa shape index (κ3) is 6.73. The van der Waals surface area contributed by atoms with E-state index in [2.05, 4.69) is 28.4 Å². The number of hydrogen-bond acceptors (Lipinski definition) is 5. The Labute approximate surface area is 169 Å². The van der Waals surface area contributed by atoms with Crippen molar-refractivity contribution in [3.8, 4) is 0 Å². The SMILES string of the molecule is C=CCN(CC=C)c1cc(Cl)nc(SCC(=O)NC(C)c2ccccc2)n1. The van der Waals surface area contributed by atoms with Crippen LogP contribution in [0.25, 0.3) is 0 Å². The second kappa shape index (κ2) is 10.7. The maximum atomic E-state index is 12.3. The van der Waals surface area contributed by atoms with Crippen LogP contribution in [0.5, 0.6) is 0 Å². The molecule has 1 aromatic heterocycles. The van der Waals surface area contributed by atoms with E-state index in [0.29, 0.717) is 29.2 Å². The highest BCUT2D eigenvalue weighted by Gasteiger charge is 2.13. The van der Waals surface area contributed by atoms with Crippen LogP contribution in [0.4, 0.5) is 5.82 Å². The molecule has 2 aromatic rings. The molecule has 0 fully saturated rings. The third-order valence-electron chi connectivity index (χ3n) is 3.69.